The van der Waals surface area contributed by atoms with Gasteiger partial charge < -0.3 is 9.72 Å². The van der Waals surface area contributed by atoms with Crippen LogP contribution in [-0.2, 0) is 11.2 Å². The Kier molecular flexibility index (Phi) is 5.00. The number of nitrogens with one attached hydrogen (secondary N) is 1. The van der Waals surface area contributed by atoms with Gasteiger partial charge in [0.25, 0.3) is 5.56 Å². The highest BCUT2D eigenvalue weighted by molar-refractivity contribution is 5.08. The molecule has 1 rings (SSSR count). The zero-order chi connectivity index (χ0) is 10.2. The molecule has 0 unspecified atom stereocenters. The van der Waals surface area contributed by atoms with Crippen molar-refractivity contribution < 1.29 is 4.74 Å². The lowest BCUT2D eigenvalue weighted by Gasteiger charge is -2.01. The van der Waals surface area contributed by atoms with E-state index in [-0.39, 0.29) is 5.56 Å². The summed E-state index contributed by atoms with van der Waals surface area (Å²) in [5.74, 6) is 0. The number of hydrogen-bond acceptors (Lipinski definition) is 2. The van der Waals surface area contributed by atoms with Gasteiger partial charge in [0.05, 0.1) is 0 Å². The summed E-state index contributed by atoms with van der Waals surface area (Å²) in [7, 11) is 0. The van der Waals surface area contributed by atoms with Gasteiger partial charge in [-0.3, -0.25) is 4.79 Å². The first-order valence-electron chi connectivity index (χ1n) is 5.09. The van der Waals surface area contributed by atoms with Gasteiger partial charge in [-0.15, -0.1) is 0 Å². The van der Waals surface area contributed by atoms with E-state index in [1.54, 1.807) is 6.20 Å². The minimum atomic E-state index is 0.0167. The fraction of sp³-hybridized carbons (Fsp3) is 0.545. The monoisotopic (exact) mass is 195 g/mol. The quantitative estimate of drug-likeness (QED) is 0.702. The van der Waals surface area contributed by atoms with Crippen molar-refractivity contribution in [3.8, 4) is 0 Å². The maximum Gasteiger partial charge on any atom is 0.251 e. The first-order chi connectivity index (χ1) is 6.84. The lowest BCUT2D eigenvalue weighted by molar-refractivity contribution is 0.132. The van der Waals surface area contributed by atoms with E-state index < -0.39 is 0 Å². The van der Waals surface area contributed by atoms with Crippen LogP contribution in [0.3, 0.4) is 0 Å². The van der Waals surface area contributed by atoms with Crippen molar-refractivity contribution in [2.75, 3.05) is 13.2 Å². The molecule has 1 aromatic rings. The molecule has 0 saturated heterocycles. The van der Waals surface area contributed by atoms with E-state index in [1.807, 2.05) is 12.1 Å². The van der Waals surface area contributed by atoms with Crippen molar-refractivity contribution in [3.05, 3.63) is 34.2 Å². The standard InChI is InChI=1S/C11H17NO2/c1-2-8-14-9-4-6-10-5-3-7-12-11(10)13/h3,5,7H,2,4,6,8-9H2,1H3,(H,12,13). The van der Waals surface area contributed by atoms with E-state index in [4.69, 9.17) is 4.74 Å². The van der Waals surface area contributed by atoms with Crippen molar-refractivity contribution >= 4 is 0 Å². The summed E-state index contributed by atoms with van der Waals surface area (Å²) >= 11 is 0. The second kappa shape index (κ2) is 6.38. The molecule has 78 valence electrons. The fourth-order valence-corrected chi connectivity index (χ4v) is 1.26. The summed E-state index contributed by atoms with van der Waals surface area (Å²) in [4.78, 5) is 13.9. The van der Waals surface area contributed by atoms with Crippen LogP contribution < -0.4 is 5.56 Å². The van der Waals surface area contributed by atoms with Crippen LogP contribution in [0.1, 0.15) is 25.3 Å². The summed E-state index contributed by atoms with van der Waals surface area (Å²) in [5.41, 5.74) is 0.857. The fourth-order valence-electron chi connectivity index (χ4n) is 1.26. The summed E-state index contributed by atoms with van der Waals surface area (Å²) < 4.78 is 5.33. The van der Waals surface area contributed by atoms with Crippen LogP contribution in [0.4, 0.5) is 0 Å². The molecular weight excluding hydrogens is 178 g/mol. The van der Waals surface area contributed by atoms with E-state index in [2.05, 4.69) is 11.9 Å². The number of rotatable bonds is 6. The topological polar surface area (TPSA) is 42.1 Å². The number of aryl methyl sites for hydroxylation is 1. The Bertz CT molecular complexity index is 306. The molecule has 3 nitrogen and oxygen atoms in total. The van der Waals surface area contributed by atoms with Gasteiger partial charge in [0, 0.05) is 25.0 Å². The normalized spacial score (nSPS) is 10.4. The number of aromatic amines is 1. The molecule has 1 aromatic heterocycles. The van der Waals surface area contributed by atoms with Crippen molar-refractivity contribution in [2.45, 2.75) is 26.2 Å². The van der Waals surface area contributed by atoms with E-state index >= 15 is 0 Å². The molecule has 0 atom stereocenters. The summed E-state index contributed by atoms with van der Waals surface area (Å²) in [5, 5.41) is 0. The molecule has 0 radical (unpaired) electrons. The largest absolute Gasteiger partial charge is 0.381 e. The molecule has 1 N–H and O–H groups in total. The van der Waals surface area contributed by atoms with E-state index in [9.17, 15) is 4.79 Å². The number of aromatic nitrogens is 1. The van der Waals surface area contributed by atoms with Gasteiger partial charge in [-0.25, -0.2) is 0 Å². The van der Waals surface area contributed by atoms with Gasteiger partial charge in [0.2, 0.25) is 0 Å². The molecule has 0 fully saturated rings. The van der Waals surface area contributed by atoms with Gasteiger partial charge in [-0.1, -0.05) is 13.0 Å². The highest BCUT2D eigenvalue weighted by Gasteiger charge is 1.97. The van der Waals surface area contributed by atoms with Crippen molar-refractivity contribution in [3.63, 3.8) is 0 Å². The van der Waals surface area contributed by atoms with Crippen LogP contribution in [-0.4, -0.2) is 18.2 Å². The highest BCUT2D eigenvalue weighted by atomic mass is 16.5. The number of hydrogen-bond donors (Lipinski definition) is 1. The highest BCUT2D eigenvalue weighted by Crippen LogP contribution is 1.96. The Morgan fingerprint density at radius 1 is 1.43 bits per heavy atom. The third-order valence-corrected chi connectivity index (χ3v) is 1.98. The Labute approximate surface area is 84.1 Å². The van der Waals surface area contributed by atoms with E-state index in [0.29, 0.717) is 0 Å². The molecule has 0 spiro atoms. The van der Waals surface area contributed by atoms with Crippen LogP contribution in [0.2, 0.25) is 0 Å². The van der Waals surface area contributed by atoms with Crippen molar-refractivity contribution in [1.29, 1.82) is 0 Å². The Hall–Kier alpha value is -1.09. The van der Waals surface area contributed by atoms with Gasteiger partial charge in [-0.05, 0) is 25.3 Å². The van der Waals surface area contributed by atoms with Crippen LogP contribution in [0.15, 0.2) is 23.1 Å². The average molecular weight is 195 g/mol. The molecule has 0 amide bonds. The Balaban J connectivity index is 2.25. The first kappa shape index (κ1) is 11.0. The maximum absolute atomic E-state index is 11.2. The van der Waals surface area contributed by atoms with E-state index in [1.165, 1.54) is 0 Å². The second-order valence-corrected chi connectivity index (χ2v) is 3.24. The summed E-state index contributed by atoms with van der Waals surface area (Å²) in [6.07, 6.45) is 4.40. The lowest BCUT2D eigenvalue weighted by Crippen LogP contribution is -2.11. The molecule has 3 heteroatoms. The Morgan fingerprint density at radius 2 is 2.29 bits per heavy atom. The minimum Gasteiger partial charge on any atom is -0.381 e. The summed E-state index contributed by atoms with van der Waals surface area (Å²) in [6.45, 7) is 3.63. The van der Waals surface area contributed by atoms with Gasteiger partial charge >= 0.3 is 0 Å². The zero-order valence-electron chi connectivity index (χ0n) is 8.58. The minimum absolute atomic E-state index is 0.0167. The van der Waals surface area contributed by atoms with Crippen molar-refractivity contribution in [2.24, 2.45) is 0 Å². The first-order valence-corrected chi connectivity index (χ1v) is 5.09. The zero-order valence-corrected chi connectivity index (χ0v) is 8.58. The maximum atomic E-state index is 11.2. The van der Waals surface area contributed by atoms with Crippen molar-refractivity contribution in [1.82, 2.24) is 4.98 Å². The van der Waals surface area contributed by atoms with Gasteiger partial charge in [-0.2, -0.15) is 0 Å². The molecular formula is C11H17NO2. The average Bonchev–Trinajstić information content (AvgIpc) is 2.20. The molecule has 0 aliphatic carbocycles. The third kappa shape index (κ3) is 3.75. The summed E-state index contributed by atoms with van der Waals surface area (Å²) in [6, 6.07) is 3.71. The number of H-pyrrole nitrogens is 1. The second-order valence-electron chi connectivity index (χ2n) is 3.24. The predicted molar refractivity (Wildman–Crippen MR) is 56.5 cm³/mol. The van der Waals surface area contributed by atoms with Gasteiger partial charge in [0.1, 0.15) is 0 Å². The van der Waals surface area contributed by atoms with Gasteiger partial charge in [0.15, 0.2) is 0 Å². The predicted octanol–water partition coefficient (Wildman–Crippen LogP) is 1.73. The molecule has 14 heavy (non-hydrogen) atoms. The molecule has 1 heterocycles. The van der Waals surface area contributed by atoms with Crippen LogP contribution >= 0.6 is 0 Å². The van der Waals surface area contributed by atoms with Crippen LogP contribution in [0.5, 0.6) is 0 Å². The molecule has 0 aromatic carbocycles. The SMILES string of the molecule is CCCOCCCc1ccc[nH]c1=O. The number of ether oxygens (including phenoxy) is 1. The number of pyridine rings is 1. The smallest absolute Gasteiger partial charge is 0.251 e. The van der Waals surface area contributed by atoms with Crippen LogP contribution in [0, 0.1) is 0 Å². The third-order valence-electron chi connectivity index (χ3n) is 1.98. The molecule has 0 aliphatic rings. The molecule has 0 bridgehead atoms. The molecule has 0 aliphatic heterocycles. The van der Waals surface area contributed by atoms with E-state index in [0.717, 1.165) is 38.0 Å². The lowest BCUT2D eigenvalue weighted by atomic mass is 10.2. The molecule has 0 saturated carbocycles. The van der Waals surface area contributed by atoms with Crippen LogP contribution in [0.25, 0.3) is 0 Å². The Morgan fingerprint density at radius 3 is 3.00 bits per heavy atom.